The number of rotatable bonds is 16. The number of hydrogen-bond acceptors (Lipinski definition) is 1. The van der Waals surface area contributed by atoms with E-state index in [1.807, 2.05) is 0 Å². The Hall–Kier alpha value is -1.12. The first-order valence-electron chi connectivity index (χ1n) is 12.1. The highest BCUT2D eigenvalue weighted by molar-refractivity contribution is 5.48. The van der Waals surface area contributed by atoms with Gasteiger partial charge in [0.25, 0.3) is 0 Å². The fraction of sp³-hybridized carbons (Fsp3) is 0.769. The Morgan fingerprint density at radius 3 is 2.14 bits per heavy atom. The van der Waals surface area contributed by atoms with Gasteiger partial charge in [0.2, 0.25) is 0 Å². The van der Waals surface area contributed by atoms with Crippen molar-refractivity contribution in [3.63, 3.8) is 0 Å². The third kappa shape index (κ3) is 9.96. The largest absolute Gasteiger partial charge is 0.369 e. The summed E-state index contributed by atoms with van der Waals surface area (Å²) in [6.45, 7) is 12.9. The van der Waals surface area contributed by atoms with Crippen LogP contribution >= 0.6 is 0 Å². The minimum Gasteiger partial charge on any atom is -0.369 e. The topological polar surface area (TPSA) is 3.24 Å². The van der Waals surface area contributed by atoms with E-state index in [2.05, 4.69) is 39.5 Å². The molecule has 1 aromatic carbocycles. The van der Waals surface area contributed by atoms with E-state index in [0.717, 1.165) is 38.3 Å². The lowest BCUT2D eigenvalue weighted by Gasteiger charge is -2.30. The molecule has 0 aliphatic rings. The summed E-state index contributed by atoms with van der Waals surface area (Å²) in [6, 6.07) is 3.86. The molecule has 168 valence electrons. The molecule has 0 heterocycles. The van der Waals surface area contributed by atoms with Gasteiger partial charge in [-0.3, -0.25) is 0 Å². The van der Waals surface area contributed by atoms with E-state index in [1.54, 1.807) is 0 Å². The lowest BCUT2D eigenvalue weighted by molar-refractivity contribution is 0.370. The van der Waals surface area contributed by atoms with E-state index in [0.29, 0.717) is 17.5 Å². The van der Waals surface area contributed by atoms with Crippen LogP contribution in [0.2, 0.25) is 0 Å². The number of hydrogen-bond donors (Lipinski definition) is 0. The van der Waals surface area contributed by atoms with Crippen molar-refractivity contribution >= 4 is 5.69 Å². The standard InChI is InChI=1S/C26H45F2N/c1-6-10-12-23(9-4)17-18-29(26-19-24(27)15-16-25(26)28)20-21(5)13-14-22(8-3)11-7-2/h15-16,19,21-23H,6-14,17-18,20H2,1-5H3. The summed E-state index contributed by atoms with van der Waals surface area (Å²) < 4.78 is 28.4. The third-order valence-electron chi connectivity index (χ3n) is 6.47. The van der Waals surface area contributed by atoms with E-state index in [4.69, 9.17) is 0 Å². The molecule has 29 heavy (non-hydrogen) atoms. The Labute approximate surface area is 179 Å². The molecule has 1 nitrogen and oxygen atoms in total. The summed E-state index contributed by atoms with van der Waals surface area (Å²) in [5.41, 5.74) is 0.433. The fourth-order valence-corrected chi connectivity index (χ4v) is 4.37. The maximum atomic E-state index is 14.5. The molecule has 1 rings (SSSR count). The van der Waals surface area contributed by atoms with Crippen LogP contribution in [0.5, 0.6) is 0 Å². The average molecular weight is 410 g/mol. The van der Waals surface area contributed by atoms with Gasteiger partial charge in [0.1, 0.15) is 11.6 Å². The molecule has 0 saturated heterocycles. The van der Waals surface area contributed by atoms with Crippen molar-refractivity contribution in [2.24, 2.45) is 17.8 Å². The molecular formula is C26H45F2N. The van der Waals surface area contributed by atoms with Crippen molar-refractivity contribution in [1.82, 2.24) is 0 Å². The molecule has 3 unspecified atom stereocenters. The predicted molar refractivity (Wildman–Crippen MR) is 124 cm³/mol. The van der Waals surface area contributed by atoms with Crippen molar-refractivity contribution in [2.45, 2.75) is 98.8 Å². The Kier molecular flexibility index (Phi) is 13.2. The molecule has 3 heteroatoms. The zero-order chi connectivity index (χ0) is 21.6. The molecule has 0 aliphatic heterocycles. The summed E-state index contributed by atoms with van der Waals surface area (Å²) in [5.74, 6) is 1.27. The van der Waals surface area contributed by atoms with Gasteiger partial charge < -0.3 is 4.90 Å². The number of unbranched alkanes of at least 4 members (excludes halogenated alkanes) is 1. The Morgan fingerprint density at radius 2 is 1.52 bits per heavy atom. The van der Waals surface area contributed by atoms with Gasteiger partial charge in [-0.1, -0.05) is 86.0 Å². The monoisotopic (exact) mass is 409 g/mol. The van der Waals surface area contributed by atoms with Crippen LogP contribution < -0.4 is 4.90 Å². The lowest BCUT2D eigenvalue weighted by Crippen LogP contribution is -2.31. The molecular weight excluding hydrogens is 364 g/mol. The lowest BCUT2D eigenvalue weighted by atomic mass is 9.91. The first-order valence-corrected chi connectivity index (χ1v) is 12.1. The molecule has 0 aliphatic carbocycles. The van der Waals surface area contributed by atoms with Crippen LogP contribution in [0.1, 0.15) is 98.8 Å². The van der Waals surface area contributed by atoms with E-state index in [9.17, 15) is 8.78 Å². The summed E-state index contributed by atoms with van der Waals surface area (Å²) in [7, 11) is 0. The summed E-state index contributed by atoms with van der Waals surface area (Å²) in [5, 5.41) is 0. The van der Waals surface area contributed by atoms with Gasteiger partial charge >= 0.3 is 0 Å². The second-order valence-corrected chi connectivity index (χ2v) is 8.99. The second kappa shape index (κ2) is 14.8. The van der Waals surface area contributed by atoms with E-state index < -0.39 is 0 Å². The Balaban J connectivity index is 2.80. The van der Waals surface area contributed by atoms with Crippen molar-refractivity contribution in [3.8, 4) is 0 Å². The third-order valence-corrected chi connectivity index (χ3v) is 6.47. The minimum absolute atomic E-state index is 0.308. The van der Waals surface area contributed by atoms with Gasteiger partial charge in [0, 0.05) is 19.2 Å². The van der Waals surface area contributed by atoms with Crippen molar-refractivity contribution in [3.05, 3.63) is 29.8 Å². The highest BCUT2D eigenvalue weighted by atomic mass is 19.1. The normalized spacial score (nSPS) is 14.6. The quantitative estimate of drug-likeness (QED) is 0.264. The maximum Gasteiger partial charge on any atom is 0.146 e. The zero-order valence-corrected chi connectivity index (χ0v) is 19.7. The minimum atomic E-state index is -0.355. The van der Waals surface area contributed by atoms with Gasteiger partial charge in [-0.05, 0) is 42.7 Å². The van der Waals surface area contributed by atoms with Crippen molar-refractivity contribution < 1.29 is 8.78 Å². The molecule has 3 atom stereocenters. The van der Waals surface area contributed by atoms with Gasteiger partial charge in [-0.25, -0.2) is 8.78 Å². The van der Waals surface area contributed by atoms with Crippen LogP contribution in [0.15, 0.2) is 18.2 Å². The second-order valence-electron chi connectivity index (χ2n) is 8.99. The van der Waals surface area contributed by atoms with Crippen LogP contribution in [0, 0.1) is 29.4 Å². The predicted octanol–water partition coefficient (Wildman–Crippen LogP) is 8.62. The van der Waals surface area contributed by atoms with Gasteiger partial charge in [-0.2, -0.15) is 0 Å². The van der Waals surface area contributed by atoms with Crippen LogP contribution in [0.3, 0.4) is 0 Å². The molecule has 0 fully saturated rings. The average Bonchev–Trinajstić information content (AvgIpc) is 2.72. The van der Waals surface area contributed by atoms with Crippen LogP contribution in [0.4, 0.5) is 14.5 Å². The summed E-state index contributed by atoms with van der Waals surface area (Å²) in [6.07, 6.45) is 12.1. The van der Waals surface area contributed by atoms with Crippen molar-refractivity contribution in [2.75, 3.05) is 18.0 Å². The first-order chi connectivity index (χ1) is 13.9. The molecule has 1 aromatic rings. The number of halogens is 2. The zero-order valence-electron chi connectivity index (χ0n) is 19.7. The van der Waals surface area contributed by atoms with Crippen molar-refractivity contribution in [1.29, 1.82) is 0 Å². The molecule has 0 amide bonds. The first kappa shape index (κ1) is 25.9. The van der Waals surface area contributed by atoms with Gasteiger partial charge in [0.05, 0.1) is 5.69 Å². The van der Waals surface area contributed by atoms with Gasteiger partial charge in [0.15, 0.2) is 0 Å². The maximum absolute atomic E-state index is 14.5. The van der Waals surface area contributed by atoms with E-state index in [-0.39, 0.29) is 11.6 Å². The number of nitrogens with zero attached hydrogens (tertiary/aromatic N) is 1. The summed E-state index contributed by atoms with van der Waals surface area (Å²) in [4.78, 5) is 2.11. The molecule has 0 spiro atoms. The smallest absolute Gasteiger partial charge is 0.146 e. The van der Waals surface area contributed by atoms with Crippen LogP contribution in [-0.2, 0) is 0 Å². The van der Waals surface area contributed by atoms with E-state index in [1.165, 1.54) is 63.1 Å². The number of benzene rings is 1. The van der Waals surface area contributed by atoms with Crippen LogP contribution in [0.25, 0.3) is 0 Å². The Morgan fingerprint density at radius 1 is 0.828 bits per heavy atom. The Bertz CT molecular complexity index is 546. The van der Waals surface area contributed by atoms with E-state index >= 15 is 0 Å². The fourth-order valence-electron chi connectivity index (χ4n) is 4.37. The molecule has 0 aromatic heterocycles. The summed E-state index contributed by atoms with van der Waals surface area (Å²) >= 11 is 0. The SMILES string of the molecule is CCCCC(CC)CCN(CC(C)CCC(CC)CCC)c1cc(F)ccc1F. The highest BCUT2D eigenvalue weighted by Gasteiger charge is 2.18. The highest BCUT2D eigenvalue weighted by Crippen LogP contribution is 2.27. The molecule has 0 saturated carbocycles. The number of anilines is 1. The van der Waals surface area contributed by atoms with Crippen LogP contribution in [-0.4, -0.2) is 13.1 Å². The molecule has 0 N–H and O–H groups in total. The molecule has 0 bridgehead atoms. The van der Waals surface area contributed by atoms with Gasteiger partial charge in [-0.15, -0.1) is 0 Å². The molecule has 0 radical (unpaired) electrons.